The Morgan fingerprint density at radius 3 is 2.62 bits per heavy atom. The molecule has 0 saturated carbocycles. The van der Waals surface area contributed by atoms with Gasteiger partial charge in [0.25, 0.3) is 0 Å². The first-order valence-corrected chi connectivity index (χ1v) is 4.22. The third-order valence-electron chi connectivity index (χ3n) is 2.07. The second-order valence-corrected chi connectivity index (χ2v) is 3.31. The van der Waals surface area contributed by atoms with Crippen LogP contribution in [0.4, 0.5) is 0 Å². The van der Waals surface area contributed by atoms with Crippen molar-refractivity contribution < 1.29 is 0 Å². The molecule has 70 valence electrons. The first-order chi connectivity index (χ1) is 5.79. The van der Waals surface area contributed by atoms with Gasteiger partial charge in [-0.2, -0.15) is 5.10 Å². The lowest BCUT2D eigenvalue weighted by Crippen LogP contribution is -1.86. The number of H-pyrrole nitrogens is 1. The molecule has 1 N–H and O–H groups in total. The van der Waals surface area contributed by atoms with Crippen molar-refractivity contribution in [2.75, 3.05) is 0 Å². The molecule has 1 aromatic heterocycles. The summed E-state index contributed by atoms with van der Waals surface area (Å²) in [6.45, 7) is 4.33. The van der Waals surface area contributed by atoms with Crippen molar-refractivity contribution in [2.24, 2.45) is 0 Å². The molecule has 2 heteroatoms. The number of hydrogen-bond acceptors (Lipinski definition) is 1. The minimum absolute atomic E-state index is 0. The summed E-state index contributed by atoms with van der Waals surface area (Å²) < 4.78 is 0. The van der Waals surface area contributed by atoms with E-state index in [0.717, 1.165) is 5.52 Å². The first-order valence-electron chi connectivity index (χ1n) is 4.22. The fraction of sp³-hybridized carbons (Fsp3) is 0.364. The fourth-order valence-electron chi connectivity index (χ4n) is 1.42. The van der Waals surface area contributed by atoms with E-state index in [1.807, 2.05) is 18.2 Å². The zero-order chi connectivity index (χ0) is 8.55. The van der Waals surface area contributed by atoms with Gasteiger partial charge in [0.1, 0.15) is 0 Å². The standard InChI is InChI=1S/C10H12N2.CH4/c1-7(2)10-8-5-3-4-6-9(8)11-12-10;/h3-7H,1-2H3,(H,11,12);1H4. The number of aromatic nitrogens is 2. The molecule has 1 heterocycles. The normalized spacial score (nSPS) is 10.4. The number of hydrogen-bond donors (Lipinski definition) is 1. The number of aromatic amines is 1. The zero-order valence-corrected chi connectivity index (χ0v) is 7.33. The lowest BCUT2D eigenvalue weighted by Gasteiger charge is -1.99. The molecular weight excluding hydrogens is 160 g/mol. The summed E-state index contributed by atoms with van der Waals surface area (Å²) in [5.74, 6) is 0.511. The number of para-hydroxylation sites is 1. The predicted molar refractivity (Wildman–Crippen MR) is 56.9 cm³/mol. The summed E-state index contributed by atoms with van der Waals surface area (Å²) in [6.07, 6.45) is 0. The van der Waals surface area contributed by atoms with E-state index in [-0.39, 0.29) is 7.43 Å². The molecule has 0 aliphatic heterocycles. The Morgan fingerprint density at radius 2 is 1.92 bits per heavy atom. The molecule has 0 radical (unpaired) electrons. The van der Waals surface area contributed by atoms with Crippen LogP contribution >= 0.6 is 0 Å². The topological polar surface area (TPSA) is 28.7 Å². The van der Waals surface area contributed by atoms with Crippen LogP contribution in [0.1, 0.15) is 32.9 Å². The molecule has 0 fully saturated rings. The van der Waals surface area contributed by atoms with Gasteiger partial charge in [-0.3, -0.25) is 5.10 Å². The molecule has 0 unspecified atom stereocenters. The van der Waals surface area contributed by atoms with Gasteiger partial charge < -0.3 is 0 Å². The van der Waals surface area contributed by atoms with Crippen molar-refractivity contribution in [3.63, 3.8) is 0 Å². The Kier molecular flexibility index (Phi) is 2.71. The molecule has 0 bridgehead atoms. The van der Waals surface area contributed by atoms with Gasteiger partial charge in [0.05, 0.1) is 5.52 Å². The van der Waals surface area contributed by atoms with Gasteiger partial charge in [0.2, 0.25) is 0 Å². The second-order valence-electron chi connectivity index (χ2n) is 3.31. The van der Waals surface area contributed by atoms with Crippen LogP contribution in [0.15, 0.2) is 24.3 Å². The van der Waals surface area contributed by atoms with Crippen LogP contribution in [0, 0.1) is 0 Å². The lowest BCUT2D eigenvalue weighted by molar-refractivity contribution is 0.818. The Bertz CT molecular complexity index is 388. The largest absolute Gasteiger partial charge is 0.281 e. The maximum atomic E-state index is 4.21. The smallest absolute Gasteiger partial charge is 0.0923 e. The van der Waals surface area contributed by atoms with E-state index in [9.17, 15) is 0 Å². The Hall–Kier alpha value is -1.31. The highest BCUT2D eigenvalue weighted by molar-refractivity contribution is 5.81. The number of rotatable bonds is 1. The van der Waals surface area contributed by atoms with E-state index in [4.69, 9.17) is 0 Å². The van der Waals surface area contributed by atoms with Crippen LogP contribution in [0.5, 0.6) is 0 Å². The average molecular weight is 176 g/mol. The molecule has 0 atom stereocenters. The van der Waals surface area contributed by atoms with Gasteiger partial charge in [-0.25, -0.2) is 0 Å². The number of fused-ring (bicyclic) bond motifs is 1. The monoisotopic (exact) mass is 176 g/mol. The maximum absolute atomic E-state index is 4.21. The molecule has 0 spiro atoms. The number of nitrogens with zero attached hydrogens (tertiary/aromatic N) is 1. The van der Waals surface area contributed by atoms with E-state index in [1.54, 1.807) is 0 Å². The van der Waals surface area contributed by atoms with Gasteiger partial charge in [0.15, 0.2) is 0 Å². The van der Waals surface area contributed by atoms with Gasteiger partial charge in [-0.15, -0.1) is 0 Å². The average Bonchev–Trinajstić information content (AvgIpc) is 2.47. The minimum atomic E-state index is 0. The quantitative estimate of drug-likeness (QED) is 0.709. The zero-order valence-electron chi connectivity index (χ0n) is 7.33. The molecule has 13 heavy (non-hydrogen) atoms. The van der Waals surface area contributed by atoms with Crippen LogP contribution in [0.2, 0.25) is 0 Å². The summed E-state index contributed by atoms with van der Waals surface area (Å²) in [6, 6.07) is 8.18. The van der Waals surface area contributed by atoms with Crippen molar-refractivity contribution >= 4 is 10.9 Å². The molecule has 2 aromatic rings. The van der Waals surface area contributed by atoms with Crippen LogP contribution in [-0.4, -0.2) is 10.2 Å². The molecule has 0 amide bonds. The predicted octanol–water partition coefficient (Wildman–Crippen LogP) is 3.32. The molecule has 2 rings (SSSR count). The minimum Gasteiger partial charge on any atom is -0.281 e. The molecule has 2 nitrogen and oxygen atoms in total. The van der Waals surface area contributed by atoms with Crippen molar-refractivity contribution in [2.45, 2.75) is 27.2 Å². The Morgan fingerprint density at radius 1 is 1.23 bits per heavy atom. The van der Waals surface area contributed by atoms with Gasteiger partial charge >= 0.3 is 0 Å². The highest BCUT2D eigenvalue weighted by atomic mass is 15.1. The van der Waals surface area contributed by atoms with E-state index < -0.39 is 0 Å². The van der Waals surface area contributed by atoms with Crippen molar-refractivity contribution in [1.29, 1.82) is 0 Å². The third kappa shape index (κ3) is 1.57. The molecule has 1 aromatic carbocycles. The van der Waals surface area contributed by atoms with Crippen LogP contribution in [-0.2, 0) is 0 Å². The lowest BCUT2D eigenvalue weighted by atomic mass is 10.1. The fourth-order valence-corrected chi connectivity index (χ4v) is 1.42. The van der Waals surface area contributed by atoms with E-state index in [0.29, 0.717) is 5.92 Å². The SMILES string of the molecule is C.CC(C)c1[nH]nc2ccccc12. The summed E-state index contributed by atoms with van der Waals surface area (Å²) in [4.78, 5) is 0. The first kappa shape index (κ1) is 9.78. The van der Waals surface area contributed by atoms with Crippen LogP contribution in [0.3, 0.4) is 0 Å². The van der Waals surface area contributed by atoms with Crippen molar-refractivity contribution in [1.82, 2.24) is 10.2 Å². The Labute approximate surface area is 79.0 Å². The van der Waals surface area contributed by atoms with Crippen molar-refractivity contribution in [3.8, 4) is 0 Å². The summed E-state index contributed by atoms with van der Waals surface area (Å²) in [7, 11) is 0. The van der Waals surface area contributed by atoms with E-state index >= 15 is 0 Å². The van der Waals surface area contributed by atoms with Crippen molar-refractivity contribution in [3.05, 3.63) is 30.0 Å². The summed E-state index contributed by atoms with van der Waals surface area (Å²) in [5.41, 5.74) is 2.28. The van der Waals surface area contributed by atoms with E-state index in [1.165, 1.54) is 11.1 Å². The molecule has 0 saturated heterocycles. The second kappa shape index (κ2) is 3.60. The van der Waals surface area contributed by atoms with Gasteiger partial charge in [-0.1, -0.05) is 39.5 Å². The third-order valence-corrected chi connectivity index (χ3v) is 2.07. The number of benzene rings is 1. The Balaban J connectivity index is 0.000000845. The summed E-state index contributed by atoms with van der Waals surface area (Å²) in [5, 5.41) is 8.52. The molecule has 0 aliphatic carbocycles. The highest BCUT2D eigenvalue weighted by Crippen LogP contribution is 2.21. The van der Waals surface area contributed by atoms with Crippen LogP contribution < -0.4 is 0 Å². The molecule has 0 aliphatic rings. The van der Waals surface area contributed by atoms with Gasteiger partial charge in [-0.05, 0) is 12.0 Å². The van der Waals surface area contributed by atoms with E-state index in [2.05, 4.69) is 30.1 Å². The molecular formula is C11H16N2. The van der Waals surface area contributed by atoms with Gasteiger partial charge in [0, 0.05) is 11.1 Å². The number of nitrogens with one attached hydrogen (secondary N) is 1. The maximum Gasteiger partial charge on any atom is 0.0923 e. The summed E-state index contributed by atoms with van der Waals surface area (Å²) >= 11 is 0. The van der Waals surface area contributed by atoms with Crippen LogP contribution in [0.25, 0.3) is 10.9 Å². The highest BCUT2D eigenvalue weighted by Gasteiger charge is 2.06.